The molecule has 0 spiro atoms. The molecule has 0 aliphatic heterocycles. The minimum absolute atomic E-state index is 0.316. The van der Waals surface area contributed by atoms with E-state index in [1.54, 1.807) is 42.5 Å². The second-order valence-corrected chi connectivity index (χ2v) is 6.14. The molecule has 0 aliphatic rings. The minimum atomic E-state index is -0.935. The number of ether oxygens (including phenoxy) is 2. The number of carbonyl (C=O) groups excluding carboxylic acids is 2. The molecule has 5 nitrogen and oxygen atoms in total. The number of carbonyl (C=O) groups is 2. The Hall–Kier alpha value is -2.05. The van der Waals surface area contributed by atoms with Gasteiger partial charge in [-0.25, -0.2) is 4.79 Å². The fraction of sp³-hybridized carbons (Fsp3) is 0.176. The standard InChI is InChI=1S/C17H15BrClNO4/c1-11(17(22)20-13-5-3-2-4-6-13)24-16(21)10-23-15-8-7-12(19)9-14(15)18/h2-9,11H,10H2,1H3,(H,20,22)/t11-/m1/s1. The van der Waals surface area contributed by atoms with Gasteiger partial charge in [-0.3, -0.25) is 4.79 Å². The van der Waals surface area contributed by atoms with Gasteiger partial charge in [-0.1, -0.05) is 29.8 Å². The van der Waals surface area contributed by atoms with Crippen molar-refractivity contribution in [3.05, 3.63) is 58.0 Å². The van der Waals surface area contributed by atoms with Gasteiger partial charge in [0.1, 0.15) is 5.75 Å². The summed E-state index contributed by atoms with van der Waals surface area (Å²) in [4.78, 5) is 23.8. The van der Waals surface area contributed by atoms with Gasteiger partial charge in [-0.05, 0) is 53.2 Å². The van der Waals surface area contributed by atoms with Gasteiger partial charge in [-0.2, -0.15) is 0 Å². The topological polar surface area (TPSA) is 64.6 Å². The van der Waals surface area contributed by atoms with Crippen LogP contribution in [0.15, 0.2) is 53.0 Å². The number of benzene rings is 2. The van der Waals surface area contributed by atoms with Gasteiger partial charge in [0.2, 0.25) is 0 Å². The average molecular weight is 413 g/mol. The van der Waals surface area contributed by atoms with E-state index in [9.17, 15) is 9.59 Å². The van der Waals surface area contributed by atoms with E-state index in [0.717, 1.165) is 0 Å². The van der Waals surface area contributed by atoms with Crippen molar-refractivity contribution in [3.63, 3.8) is 0 Å². The van der Waals surface area contributed by atoms with E-state index < -0.39 is 18.0 Å². The Morgan fingerprint density at radius 2 is 1.92 bits per heavy atom. The first-order chi connectivity index (χ1) is 11.5. The van der Waals surface area contributed by atoms with Gasteiger partial charge in [0.05, 0.1) is 4.47 Å². The van der Waals surface area contributed by atoms with E-state index >= 15 is 0 Å². The first kappa shape index (κ1) is 18.3. The number of rotatable bonds is 6. The van der Waals surface area contributed by atoms with Crippen molar-refractivity contribution >= 4 is 45.1 Å². The molecule has 2 aromatic rings. The number of esters is 1. The Kier molecular flexibility index (Phi) is 6.63. The first-order valence-corrected chi connectivity index (χ1v) is 8.26. The van der Waals surface area contributed by atoms with Crippen molar-refractivity contribution in [1.82, 2.24) is 0 Å². The lowest BCUT2D eigenvalue weighted by Gasteiger charge is -2.14. The van der Waals surface area contributed by atoms with E-state index in [-0.39, 0.29) is 6.61 Å². The van der Waals surface area contributed by atoms with Crippen LogP contribution in [0, 0.1) is 0 Å². The summed E-state index contributed by atoms with van der Waals surface area (Å²) in [5.41, 5.74) is 0.631. The predicted molar refractivity (Wildman–Crippen MR) is 95.3 cm³/mol. The van der Waals surface area contributed by atoms with Crippen LogP contribution >= 0.6 is 27.5 Å². The molecule has 0 aromatic heterocycles. The van der Waals surface area contributed by atoms with E-state index in [1.165, 1.54) is 6.92 Å². The highest BCUT2D eigenvalue weighted by Crippen LogP contribution is 2.27. The third-order valence-corrected chi connectivity index (χ3v) is 3.81. The maximum absolute atomic E-state index is 12.0. The van der Waals surface area contributed by atoms with Crippen molar-refractivity contribution in [1.29, 1.82) is 0 Å². The second kappa shape index (κ2) is 8.70. The van der Waals surface area contributed by atoms with Gasteiger partial charge >= 0.3 is 5.97 Å². The van der Waals surface area contributed by atoms with Gasteiger partial charge < -0.3 is 14.8 Å². The SMILES string of the molecule is C[C@@H](OC(=O)COc1ccc(Cl)cc1Br)C(=O)Nc1ccccc1. The molecule has 0 heterocycles. The lowest BCUT2D eigenvalue weighted by molar-refractivity contribution is -0.155. The molecule has 7 heteroatoms. The Balaban J connectivity index is 1.81. The van der Waals surface area contributed by atoms with E-state index in [0.29, 0.717) is 20.9 Å². The molecule has 0 saturated carbocycles. The summed E-state index contributed by atoms with van der Waals surface area (Å²) >= 11 is 9.11. The second-order valence-electron chi connectivity index (χ2n) is 4.85. The molecule has 0 fully saturated rings. The number of para-hydroxylation sites is 1. The highest BCUT2D eigenvalue weighted by molar-refractivity contribution is 9.10. The normalized spacial score (nSPS) is 11.5. The van der Waals surface area contributed by atoms with Gasteiger partial charge in [0.15, 0.2) is 12.7 Å². The highest BCUT2D eigenvalue weighted by Gasteiger charge is 2.18. The summed E-state index contributed by atoms with van der Waals surface area (Å²) in [6.07, 6.45) is -0.935. The van der Waals surface area contributed by atoms with Crippen molar-refractivity contribution in [3.8, 4) is 5.75 Å². The Labute approximate surface area is 153 Å². The van der Waals surface area contributed by atoms with Gasteiger partial charge in [0, 0.05) is 10.7 Å². The molecule has 126 valence electrons. The fourth-order valence-electron chi connectivity index (χ4n) is 1.78. The predicted octanol–water partition coefficient (Wildman–Crippen LogP) is 4.05. The first-order valence-electron chi connectivity index (χ1n) is 7.09. The van der Waals surface area contributed by atoms with Crippen LogP contribution in [-0.2, 0) is 14.3 Å². The fourth-order valence-corrected chi connectivity index (χ4v) is 2.58. The molecule has 24 heavy (non-hydrogen) atoms. The molecular weight excluding hydrogens is 398 g/mol. The molecule has 1 amide bonds. The minimum Gasteiger partial charge on any atom is -0.481 e. The van der Waals surface area contributed by atoms with Crippen LogP contribution in [0.5, 0.6) is 5.75 Å². The number of nitrogens with one attached hydrogen (secondary N) is 1. The summed E-state index contributed by atoms with van der Waals surface area (Å²) in [6, 6.07) is 13.8. The molecule has 1 atom stereocenters. The van der Waals surface area contributed by atoms with Crippen LogP contribution in [0.4, 0.5) is 5.69 Å². The molecular formula is C17H15BrClNO4. The Bertz CT molecular complexity index is 724. The number of amides is 1. The molecule has 2 aromatic carbocycles. The van der Waals surface area contributed by atoms with Crippen molar-refractivity contribution < 1.29 is 19.1 Å². The molecule has 0 saturated heterocycles. The molecule has 2 rings (SSSR count). The van der Waals surface area contributed by atoms with Crippen LogP contribution in [0.1, 0.15) is 6.92 Å². The Morgan fingerprint density at radius 1 is 1.21 bits per heavy atom. The molecule has 0 aliphatic carbocycles. The van der Waals surface area contributed by atoms with Crippen LogP contribution in [0.2, 0.25) is 5.02 Å². The lowest BCUT2D eigenvalue weighted by atomic mass is 10.3. The number of hydrogen-bond acceptors (Lipinski definition) is 4. The monoisotopic (exact) mass is 411 g/mol. The summed E-state index contributed by atoms with van der Waals surface area (Å²) in [6.45, 7) is 1.18. The van der Waals surface area contributed by atoms with Crippen molar-refractivity contribution in [2.75, 3.05) is 11.9 Å². The number of anilines is 1. The summed E-state index contributed by atoms with van der Waals surface area (Å²) in [5, 5.41) is 3.20. The van der Waals surface area contributed by atoms with Crippen LogP contribution < -0.4 is 10.1 Å². The van der Waals surface area contributed by atoms with Gasteiger partial charge in [0.25, 0.3) is 5.91 Å². The zero-order chi connectivity index (χ0) is 17.5. The maximum atomic E-state index is 12.0. The van der Waals surface area contributed by atoms with E-state index in [4.69, 9.17) is 21.1 Å². The van der Waals surface area contributed by atoms with E-state index in [1.807, 2.05) is 6.07 Å². The third kappa shape index (κ3) is 5.54. The number of hydrogen-bond donors (Lipinski definition) is 1. The zero-order valence-electron chi connectivity index (χ0n) is 12.8. The van der Waals surface area contributed by atoms with Crippen LogP contribution in [0.3, 0.4) is 0 Å². The third-order valence-electron chi connectivity index (χ3n) is 2.96. The molecule has 0 unspecified atom stereocenters. The van der Waals surface area contributed by atoms with Crippen LogP contribution in [-0.4, -0.2) is 24.6 Å². The summed E-state index contributed by atoms with van der Waals surface area (Å²) in [7, 11) is 0. The molecule has 0 bridgehead atoms. The molecule has 1 N–H and O–H groups in total. The van der Waals surface area contributed by atoms with Crippen LogP contribution in [0.25, 0.3) is 0 Å². The van der Waals surface area contributed by atoms with Gasteiger partial charge in [-0.15, -0.1) is 0 Å². The Morgan fingerprint density at radius 3 is 2.58 bits per heavy atom. The summed E-state index contributed by atoms with van der Waals surface area (Å²) < 4.78 is 11.0. The smallest absolute Gasteiger partial charge is 0.344 e. The average Bonchev–Trinajstić information content (AvgIpc) is 2.55. The maximum Gasteiger partial charge on any atom is 0.344 e. The number of halogens is 2. The van der Waals surface area contributed by atoms with Crippen molar-refractivity contribution in [2.24, 2.45) is 0 Å². The largest absolute Gasteiger partial charge is 0.481 e. The highest BCUT2D eigenvalue weighted by atomic mass is 79.9. The quantitative estimate of drug-likeness (QED) is 0.727. The molecule has 0 radical (unpaired) electrons. The van der Waals surface area contributed by atoms with Crippen molar-refractivity contribution in [2.45, 2.75) is 13.0 Å². The zero-order valence-corrected chi connectivity index (χ0v) is 15.1. The van der Waals surface area contributed by atoms with E-state index in [2.05, 4.69) is 21.2 Å². The lowest BCUT2D eigenvalue weighted by Crippen LogP contribution is -2.31. The summed E-state index contributed by atoms with van der Waals surface area (Å²) in [5.74, 6) is -0.604.